The number of hydrogen-bond acceptors (Lipinski definition) is 8. The van der Waals surface area contributed by atoms with E-state index in [0.29, 0.717) is 31.4 Å². The fourth-order valence-electron chi connectivity index (χ4n) is 6.58. The summed E-state index contributed by atoms with van der Waals surface area (Å²) in [5.74, 6) is -6.19. The van der Waals surface area contributed by atoms with Gasteiger partial charge in [0.15, 0.2) is 0 Å². The van der Waals surface area contributed by atoms with E-state index in [-0.39, 0.29) is 37.8 Å². The van der Waals surface area contributed by atoms with Gasteiger partial charge in [0.25, 0.3) is 5.91 Å². The second-order valence-corrected chi connectivity index (χ2v) is 11.8. The van der Waals surface area contributed by atoms with E-state index in [1.165, 1.54) is 9.80 Å². The first-order chi connectivity index (χ1) is 19.5. The number of amides is 4. The van der Waals surface area contributed by atoms with E-state index in [4.69, 9.17) is 0 Å². The Morgan fingerprint density at radius 3 is 1.73 bits per heavy atom. The minimum Gasteiger partial charge on any atom is -0.548 e. The molecule has 2 saturated heterocycles. The molecule has 0 aromatic carbocycles. The summed E-state index contributed by atoms with van der Waals surface area (Å²) in [6.07, 6.45) is 5.29. The van der Waals surface area contributed by atoms with Gasteiger partial charge in [0.05, 0.1) is 24.0 Å². The second kappa shape index (κ2) is 11.5. The number of aliphatic carboxylic acids is 2. The summed E-state index contributed by atoms with van der Waals surface area (Å²) >= 11 is 0. The third kappa shape index (κ3) is 5.94. The van der Waals surface area contributed by atoms with Gasteiger partial charge in [-0.3, -0.25) is 19.2 Å². The average molecular weight is 570 g/mol. The second-order valence-electron chi connectivity index (χ2n) is 11.8. The number of carboxylic acid groups (broad SMARTS) is 2. The van der Waals surface area contributed by atoms with Crippen molar-refractivity contribution in [3.05, 3.63) is 24.0 Å². The van der Waals surface area contributed by atoms with Crippen LogP contribution in [0.3, 0.4) is 0 Å². The molecule has 2 N–H and O–H groups in total. The third-order valence-electron chi connectivity index (χ3n) is 8.92. The van der Waals surface area contributed by atoms with E-state index in [2.05, 4.69) is 10.6 Å². The number of carboxylic acids is 2. The summed E-state index contributed by atoms with van der Waals surface area (Å²) in [7, 11) is 1.71. The molecule has 13 nitrogen and oxygen atoms in total. The number of aryl methyl sites for hydroxylation is 1. The first kappa shape index (κ1) is 28.6. The summed E-state index contributed by atoms with van der Waals surface area (Å²) in [5.41, 5.74) is 0.387. The predicted octanol–water partition coefficient (Wildman–Crippen LogP) is -2.47. The van der Waals surface area contributed by atoms with Crippen molar-refractivity contribution in [2.45, 2.75) is 75.5 Å². The summed E-state index contributed by atoms with van der Waals surface area (Å²) in [6.45, 7) is -0.0439. The van der Waals surface area contributed by atoms with Gasteiger partial charge in [-0.1, -0.05) is 12.8 Å². The molecule has 1 aromatic rings. The maximum absolute atomic E-state index is 13.8. The predicted molar refractivity (Wildman–Crippen MR) is 137 cm³/mol. The van der Waals surface area contributed by atoms with Gasteiger partial charge in [0.2, 0.25) is 17.7 Å². The molecule has 3 heterocycles. The molecule has 4 aliphatic rings. The molecule has 1 aromatic heterocycles. The van der Waals surface area contributed by atoms with E-state index >= 15 is 0 Å². The number of aromatic nitrogens is 1. The molecule has 0 radical (unpaired) electrons. The monoisotopic (exact) mass is 569 g/mol. The Balaban J connectivity index is 1.29. The van der Waals surface area contributed by atoms with Crippen LogP contribution in [0.25, 0.3) is 0 Å². The number of carbonyl (C=O) groups is 6. The Bertz CT molecular complexity index is 1240. The molecular weight excluding hydrogens is 534 g/mol. The summed E-state index contributed by atoms with van der Waals surface area (Å²) in [5, 5.41) is 29.6. The van der Waals surface area contributed by atoms with Crippen LogP contribution in [0.15, 0.2) is 18.3 Å². The highest BCUT2D eigenvalue weighted by Gasteiger charge is 2.47. The fraction of sp³-hybridized carbons (Fsp3) is 0.643. The lowest BCUT2D eigenvalue weighted by molar-refractivity contribution is -0.312. The SMILES string of the molecule is Cn1cccc1C(=O)N[C@H]1C[C@@H](C(=O)[O-])N(C(=O)[C@H]2CCCC[C@H]2C(=O)N2C[C@@H](NC(=O)C3CC3)C[C@H]2C(=O)[O-])C1. The molecule has 222 valence electrons. The van der Waals surface area contributed by atoms with Crippen LogP contribution in [0.5, 0.6) is 0 Å². The van der Waals surface area contributed by atoms with Gasteiger partial charge in [-0.05, 0) is 50.7 Å². The largest absolute Gasteiger partial charge is 0.548 e. The maximum atomic E-state index is 13.8. The zero-order chi connectivity index (χ0) is 29.4. The Kier molecular flexibility index (Phi) is 8.05. The van der Waals surface area contributed by atoms with Crippen LogP contribution in [0.2, 0.25) is 0 Å². The van der Waals surface area contributed by atoms with Crippen molar-refractivity contribution in [3.63, 3.8) is 0 Å². The molecule has 13 heteroatoms. The van der Waals surface area contributed by atoms with E-state index in [1.807, 2.05) is 0 Å². The minimum absolute atomic E-state index is 0.00595. The number of nitrogens with one attached hydrogen (secondary N) is 2. The van der Waals surface area contributed by atoms with Crippen LogP contribution in [0, 0.1) is 17.8 Å². The van der Waals surface area contributed by atoms with Gasteiger partial charge in [-0.25, -0.2) is 0 Å². The highest BCUT2D eigenvalue weighted by molar-refractivity contribution is 5.94. The maximum Gasteiger partial charge on any atom is 0.268 e. The standard InChI is InChI=1S/C28H37N5O8/c1-31-10-4-7-20(31)24(35)30-17-12-22(28(40)41)33(14-17)26(37)19-6-3-2-5-18(19)25(36)32-13-16(11-21(32)27(38)39)29-23(34)15-8-9-15/h4,7,10,15-19,21-22H,2-3,5-6,8-9,11-14H2,1H3,(H,29,34)(H,30,35)(H,38,39)(H,40,41)/p-2/t16-,17-,18+,19-,21-,22-/m0/s1. The molecule has 2 saturated carbocycles. The fourth-order valence-corrected chi connectivity index (χ4v) is 6.58. The van der Waals surface area contributed by atoms with Gasteiger partial charge in [-0.2, -0.15) is 0 Å². The Morgan fingerprint density at radius 2 is 1.29 bits per heavy atom. The van der Waals surface area contributed by atoms with Gasteiger partial charge in [0, 0.05) is 56.2 Å². The van der Waals surface area contributed by atoms with Crippen molar-refractivity contribution in [2.24, 2.45) is 24.8 Å². The van der Waals surface area contributed by atoms with E-state index in [1.54, 1.807) is 29.9 Å². The van der Waals surface area contributed by atoms with Crippen LogP contribution in [-0.4, -0.2) is 87.2 Å². The van der Waals surface area contributed by atoms with Crippen molar-refractivity contribution in [1.29, 1.82) is 0 Å². The zero-order valence-electron chi connectivity index (χ0n) is 23.0. The molecule has 0 spiro atoms. The van der Waals surface area contributed by atoms with Crippen molar-refractivity contribution in [3.8, 4) is 0 Å². The molecule has 4 amide bonds. The zero-order valence-corrected chi connectivity index (χ0v) is 23.0. The number of hydrogen-bond donors (Lipinski definition) is 2. The molecule has 41 heavy (non-hydrogen) atoms. The van der Waals surface area contributed by atoms with Crippen LogP contribution < -0.4 is 20.8 Å². The summed E-state index contributed by atoms with van der Waals surface area (Å²) < 4.78 is 1.63. The minimum atomic E-state index is -1.45. The first-order valence-corrected chi connectivity index (χ1v) is 14.3. The normalized spacial score (nSPS) is 29.7. The van der Waals surface area contributed by atoms with Crippen LogP contribution in [0.1, 0.15) is 61.9 Å². The lowest BCUT2D eigenvalue weighted by Crippen LogP contribution is -2.54. The summed E-state index contributed by atoms with van der Waals surface area (Å²) in [6, 6.07) is -0.325. The van der Waals surface area contributed by atoms with Crippen molar-refractivity contribution < 1.29 is 39.0 Å². The van der Waals surface area contributed by atoms with Gasteiger partial charge in [0.1, 0.15) is 5.69 Å². The van der Waals surface area contributed by atoms with E-state index < -0.39 is 65.7 Å². The lowest BCUT2D eigenvalue weighted by Gasteiger charge is -2.38. The molecule has 4 fully saturated rings. The molecule has 0 bridgehead atoms. The van der Waals surface area contributed by atoms with Gasteiger partial charge >= 0.3 is 0 Å². The van der Waals surface area contributed by atoms with Crippen LogP contribution in [0.4, 0.5) is 0 Å². The number of nitrogens with zero attached hydrogens (tertiary/aromatic N) is 3. The van der Waals surface area contributed by atoms with Crippen molar-refractivity contribution in [2.75, 3.05) is 13.1 Å². The van der Waals surface area contributed by atoms with E-state index in [0.717, 1.165) is 12.8 Å². The average Bonchev–Trinajstić information content (AvgIpc) is 3.34. The molecule has 5 rings (SSSR count). The highest BCUT2D eigenvalue weighted by atomic mass is 16.4. The van der Waals surface area contributed by atoms with Crippen LogP contribution >= 0.6 is 0 Å². The molecule has 6 atom stereocenters. The third-order valence-corrected chi connectivity index (χ3v) is 8.92. The molecule has 2 aliphatic carbocycles. The lowest BCUT2D eigenvalue weighted by atomic mass is 9.77. The van der Waals surface area contributed by atoms with Crippen molar-refractivity contribution >= 4 is 35.6 Å². The number of likely N-dealkylation sites (tertiary alicyclic amines) is 2. The Hall–Kier alpha value is -3.90. The first-order valence-electron chi connectivity index (χ1n) is 14.3. The van der Waals surface area contributed by atoms with E-state index in [9.17, 15) is 39.0 Å². The van der Waals surface area contributed by atoms with Gasteiger partial charge in [-0.15, -0.1) is 0 Å². The molecule has 2 aliphatic heterocycles. The van der Waals surface area contributed by atoms with Crippen LogP contribution in [-0.2, 0) is 31.0 Å². The van der Waals surface area contributed by atoms with Gasteiger partial charge < -0.3 is 44.8 Å². The smallest absolute Gasteiger partial charge is 0.268 e. The number of rotatable bonds is 8. The molecular formula is C28H35N5O8-2. The highest BCUT2D eigenvalue weighted by Crippen LogP contribution is 2.37. The quantitative estimate of drug-likeness (QED) is 0.345. The van der Waals surface area contributed by atoms with Crippen molar-refractivity contribution in [1.82, 2.24) is 25.0 Å². The summed E-state index contributed by atoms with van der Waals surface area (Å²) in [4.78, 5) is 78.9. The molecule has 0 unspecified atom stereocenters. The topological polar surface area (TPSA) is 184 Å². The Labute approximate surface area is 237 Å². The number of carbonyl (C=O) groups excluding carboxylic acids is 6. The Morgan fingerprint density at radius 1 is 0.780 bits per heavy atom.